The molecular weight excluding hydrogens is 606 g/mol. The number of amidine groups is 1. The summed E-state index contributed by atoms with van der Waals surface area (Å²) in [6, 6.07) is 2.86. The van der Waals surface area contributed by atoms with E-state index in [4.69, 9.17) is 20.8 Å². The molecule has 1 aromatic carbocycles. The number of rotatable bonds is 4. The van der Waals surface area contributed by atoms with Crippen molar-refractivity contribution in [1.82, 2.24) is 9.88 Å². The van der Waals surface area contributed by atoms with Crippen molar-refractivity contribution in [2.24, 2.45) is 4.99 Å². The summed E-state index contributed by atoms with van der Waals surface area (Å²) in [7, 11) is 0. The van der Waals surface area contributed by atoms with Gasteiger partial charge in [-0.2, -0.15) is 5.26 Å². The second-order valence-corrected chi connectivity index (χ2v) is 11.8. The van der Waals surface area contributed by atoms with Crippen LogP contribution in [0.3, 0.4) is 0 Å². The summed E-state index contributed by atoms with van der Waals surface area (Å²) in [5.74, 6) is -0.392. The number of ether oxygens (including phenoxy) is 1. The molecule has 3 aromatic rings. The maximum atomic E-state index is 16.1. The van der Waals surface area contributed by atoms with Gasteiger partial charge in [0.15, 0.2) is 5.82 Å². The fourth-order valence-electron chi connectivity index (χ4n) is 5.48. The Bertz CT molecular complexity index is 1650. The molecule has 2 aromatic heterocycles. The van der Waals surface area contributed by atoms with E-state index in [0.29, 0.717) is 16.8 Å². The number of fused-ring (bicyclic) bond motifs is 2. The molecule has 2 unspecified atom stereocenters. The van der Waals surface area contributed by atoms with Crippen molar-refractivity contribution in [3.05, 3.63) is 50.3 Å². The monoisotopic (exact) mass is 648 g/mol. The van der Waals surface area contributed by atoms with Gasteiger partial charge in [0.25, 0.3) is 0 Å². The van der Waals surface area contributed by atoms with Crippen molar-refractivity contribution >= 4 is 45.0 Å². The van der Waals surface area contributed by atoms with Crippen molar-refractivity contribution in [3.8, 4) is 17.3 Å². The number of benzene rings is 1. The Morgan fingerprint density at radius 2 is 1.95 bits per heavy atom. The molecule has 4 heterocycles. The molecule has 1 saturated heterocycles. The number of aliphatic imine (C=N–C) groups is 1. The zero-order chi connectivity index (χ0) is 32.0. The average Bonchev–Trinajstić information content (AvgIpc) is 3.68. The predicted molar refractivity (Wildman–Crippen MR) is 175 cm³/mol. The van der Waals surface area contributed by atoms with Gasteiger partial charge in [-0.25, -0.2) is 13.8 Å². The number of nitrogens with zero attached hydrogens (tertiary/aromatic N) is 5. The van der Waals surface area contributed by atoms with Crippen molar-refractivity contribution < 1.29 is 64.9 Å². The van der Waals surface area contributed by atoms with Gasteiger partial charge in [0.2, 0.25) is 0 Å². The van der Waals surface area contributed by atoms with Crippen LogP contribution < -0.4 is 67.6 Å². The molecule has 44 heavy (non-hydrogen) atoms. The van der Waals surface area contributed by atoms with Crippen LogP contribution in [0.4, 0.5) is 13.8 Å². The number of nitriles is 1. The van der Waals surface area contributed by atoms with Gasteiger partial charge in [-0.05, 0) is 31.4 Å². The molecule has 0 radical (unpaired) electrons. The molecule has 0 bridgehead atoms. The number of likely N-dealkylation sites (tertiary alicyclic amines) is 1. The number of nitrogen functional groups attached to an aromatic ring is 1. The molecule has 2 atom stereocenters. The second kappa shape index (κ2) is 17.2. The van der Waals surface area contributed by atoms with E-state index in [1.807, 2.05) is 26.8 Å². The quantitative estimate of drug-likeness (QED) is 0.262. The first-order valence-corrected chi connectivity index (χ1v) is 15.7. The van der Waals surface area contributed by atoms with Crippen LogP contribution >= 0.6 is 11.3 Å². The van der Waals surface area contributed by atoms with Crippen LogP contribution in [0.2, 0.25) is 0 Å². The van der Waals surface area contributed by atoms with Crippen LogP contribution in [0.15, 0.2) is 11.2 Å². The molecule has 0 aliphatic carbocycles. The largest absolute Gasteiger partial charge is 1.00 e. The summed E-state index contributed by atoms with van der Waals surface area (Å²) < 4.78 is 36.5. The SMILES string of the molecule is C=c1c(F)c(-c2ncc(F)c3sc(N)c(C#N)c23)c2c(/c1=C/N=C(C)N1CC([N-]C(C)C)CC1C)COC2.CC.CCC.[K+]. The van der Waals surface area contributed by atoms with E-state index in [1.165, 1.54) is 6.42 Å². The van der Waals surface area contributed by atoms with E-state index >= 15 is 4.39 Å². The van der Waals surface area contributed by atoms with Gasteiger partial charge in [-0.3, -0.25) is 4.98 Å². The van der Waals surface area contributed by atoms with Crippen LogP contribution in [-0.4, -0.2) is 40.4 Å². The van der Waals surface area contributed by atoms with Gasteiger partial charge in [0.05, 0.1) is 35.4 Å². The molecule has 2 N–H and O–H groups in total. The fourth-order valence-corrected chi connectivity index (χ4v) is 6.40. The molecule has 0 saturated carbocycles. The van der Waals surface area contributed by atoms with Crippen LogP contribution in [-0.2, 0) is 18.0 Å². The van der Waals surface area contributed by atoms with Gasteiger partial charge >= 0.3 is 51.4 Å². The Kier molecular flexibility index (Phi) is 15.1. The van der Waals surface area contributed by atoms with Crippen LogP contribution in [0.5, 0.6) is 0 Å². The first-order valence-electron chi connectivity index (χ1n) is 14.9. The Morgan fingerprint density at radius 3 is 2.57 bits per heavy atom. The molecule has 232 valence electrons. The Morgan fingerprint density at radius 1 is 1.32 bits per heavy atom. The van der Waals surface area contributed by atoms with Gasteiger partial charge < -0.3 is 20.7 Å². The first-order chi connectivity index (χ1) is 20.5. The average molecular weight is 649 g/mol. The van der Waals surface area contributed by atoms with Crippen LogP contribution in [0, 0.1) is 23.0 Å². The fraction of sp³-hybridized carbons (Fsp3) is 0.485. The second-order valence-electron chi connectivity index (χ2n) is 10.8. The van der Waals surface area contributed by atoms with Gasteiger partial charge in [0, 0.05) is 40.2 Å². The number of hydrogen-bond donors (Lipinski definition) is 1. The molecule has 11 heteroatoms. The number of hydrogen-bond acceptors (Lipinski definition) is 6. The first kappa shape index (κ1) is 38.4. The maximum Gasteiger partial charge on any atom is 1.00 e. The maximum absolute atomic E-state index is 16.1. The molecule has 2 aliphatic rings. The summed E-state index contributed by atoms with van der Waals surface area (Å²) >= 11 is 0.948. The third-order valence-electron chi connectivity index (χ3n) is 7.20. The van der Waals surface area contributed by atoms with Gasteiger partial charge in [-0.1, -0.05) is 54.5 Å². The number of aromatic nitrogens is 1. The zero-order valence-electron chi connectivity index (χ0n) is 27.5. The van der Waals surface area contributed by atoms with Crippen LogP contribution in [0.25, 0.3) is 39.4 Å². The van der Waals surface area contributed by atoms with E-state index in [9.17, 15) is 9.65 Å². The molecule has 7 nitrogen and oxygen atoms in total. The summed E-state index contributed by atoms with van der Waals surface area (Å²) in [5.41, 5.74) is 7.74. The standard InChI is InChI=1S/C28H29F2N6OS.C3H8.C2H6.K/c1-13(2)35-17-6-14(3)36(10-17)16(5)33-8-19-15(4)25(30)23(21-12-37-11-20(19)21)26-24-18(7-31)28(32)38-27(24)22(29)9-34-26;1-3-2;1-2;/h8-9,13-14,17H,4,6,10-12,32H2,1-3,5H3;3H2,1-2H3;1-2H3;/q-1;;;+1/b19-8+,33-16?;;;. The summed E-state index contributed by atoms with van der Waals surface area (Å²) in [5, 5.41) is 15.5. The Hall–Kier alpha value is -1.75. The smallest absolute Gasteiger partial charge is 0.656 e. The van der Waals surface area contributed by atoms with E-state index in [2.05, 4.69) is 51.1 Å². The van der Waals surface area contributed by atoms with Gasteiger partial charge in [-0.15, -0.1) is 23.4 Å². The van der Waals surface area contributed by atoms with E-state index in [-0.39, 0.29) is 114 Å². The minimum absolute atomic E-state index is 0. The van der Waals surface area contributed by atoms with Gasteiger partial charge in [0.1, 0.15) is 22.7 Å². The molecule has 2 aliphatic heterocycles. The number of anilines is 1. The molecule has 0 spiro atoms. The third kappa shape index (κ3) is 7.96. The number of nitrogens with two attached hydrogens (primary N) is 1. The minimum Gasteiger partial charge on any atom is -0.656 e. The molecule has 0 amide bonds. The van der Waals surface area contributed by atoms with Crippen molar-refractivity contribution in [1.29, 1.82) is 5.26 Å². The van der Waals surface area contributed by atoms with Crippen molar-refractivity contribution in [2.45, 2.75) is 99.6 Å². The summed E-state index contributed by atoms with van der Waals surface area (Å²) in [6.07, 6.45) is 4.90. The Labute approximate surface area is 306 Å². The minimum atomic E-state index is -0.612. The van der Waals surface area contributed by atoms with E-state index in [1.54, 1.807) is 6.20 Å². The molecule has 1 fully saturated rings. The number of pyridine rings is 1. The zero-order valence-corrected chi connectivity index (χ0v) is 31.5. The van der Waals surface area contributed by atoms with Crippen LogP contribution in [0.1, 0.15) is 84.9 Å². The normalized spacial score (nSPS) is 17.9. The Balaban J connectivity index is 0.00000106. The number of thiophene rings is 1. The van der Waals surface area contributed by atoms with Crippen molar-refractivity contribution in [3.63, 3.8) is 0 Å². The molecule has 5 rings (SSSR count). The summed E-state index contributed by atoms with van der Waals surface area (Å²) in [6.45, 7) is 21.7. The van der Waals surface area contributed by atoms with E-state index in [0.717, 1.165) is 41.9 Å². The summed E-state index contributed by atoms with van der Waals surface area (Å²) in [4.78, 5) is 11.1. The third-order valence-corrected chi connectivity index (χ3v) is 8.22. The number of halogens is 2. The predicted octanol–water partition coefficient (Wildman–Crippen LogP) is 3.98. The molecular formula is C33H43F2KN6OS. The topological polar surface area (TPSA) is 102 Å². The van der Waals surface area contributed by atoms with Crippen molar-refractivity contribution in [2.75, 3.05) is 12.3 Å². The van der Waals surface area contributed by atoms with E-state index < -0.39 is 11.6 Å².